The zero-order valence-corrected chi connectivity index (χ0v) is 20.7. The maximum Gasteiger partial charge on any atom is 0.244 e. The molecule has 2 amide bonds. The Morgan fingerprint density at radius 3 is 2.42 bits per heavy atom. The lowest BCUT2D eigenvalue weighted by molar-refractivity contribution is -0.139. The van der Waals surface area contributed by atoms with E-state index in [0.29, 0.717) is 23.6 Å². The molecule has 1 N–H and O–H groups in total. The molecule has 0 aliphatic carbocycles. The molecule has 7 nitrogen and oxygen atoms in total. The monoisotopic (exact) mass is 497 g/mol. The van der Waals surface area contributed by atoms with Crippen molar-refractivity contribution >= 4 is 39.1 Å². The van der Waals surface area contributed by atoms with Crippen LogP contribution in [0.4, 0.5) is 10.1 Å². The summed E-state index contributed by atoms with van der Waals surface area (Å²) in [6.45, 7) is 4.72. The highest BCUT2D eigenvalue weighted by Crippen LogP contribution is 2.28. The predicted octanol–water partition coefficient (Wildman–Crippen LogP) is 3.50. The van der Waals surface area contributed by atoms with Gasteiger partial charge >= 0.3 is 0 Å². The van der Waals surface area contributed by atoms with E-state index in [9.17, 15) is 22.4 Å². The van der Waals surface area contributed by atoms with Gasteiger partial charge in [0.1, 0.15) is 18.4 Å². The number of hydrogen-bond donors (Lipinski definition) is 1. The van der Waals surface area contributed by atoms with Crippen LogP contribution in [0.1, 0.15) is 31.4 Å². The van der Waals surface area contributed by atoms with Crippen LogP contribution in [0.15, 0.2) is 42.5 Å². The Morgan fingerprint density at radius 1 is 1.15 bits per heavy atom. The largest absolute Gasteiger partial charge is 0.354 e. The number of amides is 2. The second kappa shape index (κ2) is 11.5. The normalized spacial score (nSPS) is 12.2. The minimum absolute atomic E-state index is 0.196. The van der Waals surface area contributed by atoms with Crippen molar-refractivity contribution in [2.75, 3.05) is 23.7 Å². The molecule has 0 aliphatic rings. The molecule has 0 fully saturated rings. The lowest BCUT2D eigenvalue weighted by Gasteiger charge is -2.32. The highest BCUT2D eigenvalue weighted by atomic mass is 35.5. The predicted molar refractivity (Wildman–Crippen MR) is 128 cm³/mol. The molecule has 0 radical (unpaired) electrons. The molecule has 2 rings (SSSR count). The van der Waals surface area contributed by atoms with Crippen molar-refractivity contribution in [1.82, 2.24) is 10.2 Å². The van der Waals surface area contributed by atoms with Gasteiger partial charge in [0.2, 0.25) is 21.8 Å². The molecular formula is C23H29ClFN3O4S. The van der Waals surface area contributed by atoms with E-state index in [2.05, 4.69) is 5.32 Å². The molecular weight excluding hydrogens is 469 g/mol. The number of sulfonamides is 1. The molecule has 0 unspecified atom stereocenters. The maximum absolute atomic E-state index is 14.3. The standard InChI is InChI=1S/C23H29ClFN3O4S/c1-5-13-26-23(30)17(3)27(14-18-9-6-7-11-20(18)25)22(29)15-28(33(4,31)32)21-12-8-10-19(24)16(21)2/h6-12,17H,5,13-15H2,1-4H3,(H,26,30)/t17-/m0/s1. The van der Waals surface area contributed by atoms with Gasteiger partial charge in [-0.25, -0.2) is 12.8 Å². The quantitative estimate of drug-likeness (QED) is 0.544. The minimum Gasteiger partial charge on any atom is -0.354 e. The molecule has 0 aliphatic heterocycles. The van der Waals surface area contributed by atoms with Crippen LogP contribution in [0.3, 0.4) is 0 Å². The number of carbonyl (C=O) groups excluding carboxylic acids is 2. The highest BCUT2D eigenvalue weighted by molar-refractivity contribution is 7.92. The Kier molecular flexibility index (Phi) is 9.25. The molecule has 0 spiro atoms. The first-order chi connectivity index (χ1) is 15.5. The number of nitrogens with zero attached hydrogens (tertiary/aromatic N) is 2. The average Bonchev–Trinajstić information content (AvgIpc) is 2.76. The number of halogens is 2. The fraction of sp³-hybridized carbons (Fsp3) is 0.391. The summed E-state index contributed by atoms with van der Waals surface area (Å²) in [6, 6.07) is 9.73. The van der Waals surface area contributed by atoms with E-state index in [1.165, 1.54) is 30.0 Å². The zero-order valence-electron chi connectivity index (χ0n) is 19.1. The van der Waals surface area contributed by atoms with E-state index >= 15 is 0 Å². The molecule has 0 saturated heterocycles. The third kappa shape index (κ3) is 6.91. The molecule has 0 heterocycles. The summed E-state index contributed by atoms with van der Waals surface area (Å²) >= 11 is 6.16. The van der Waals surface area contributed by atoms with Crippen molar-refractivity contribution in [2.24, 2.45) is 0 Å². The van der Waals surface area contributed by atoms with E-state index in [0.717, 1.165) is 10.6 Å². The van der Waals surface area contributed by atoms with Gasteiger partial charge < -0.3 is 10.2 Å². The van der Waals surface area contributed by atoms with Crippen LogP contribution in [-0.4, -0.2) is 50.5 Å². The zero-order chi connectivity index (χ0) is 24.8. The van der Waals surface area contributed by atoms with Crippen molar-refractivity contribution in [3.05, 3.63) is 64.4 Å². The van der Waals surface area contributed by atoms with Crippen molar-refractivity contribution < 1.29 is 22.4 Å². The molecule has 0 saturated carbocycles. The Bertz CT molecular complexity index is 1110. The number of nitrogens with one attached hydrogen (secondary N) is 1. The van der Waals surface area contributed by atoms with Gasteiger partial charge in [0.15, 0.2) is 0 Å². The van der Waals surface area contributed by atoms with Crippen LogP contribution in [-0.2, 0) is 26.2 Å². The van der Waals surface area contributed by atoms with Crippen LogP contribution >= 0.6 is 11.6 Å². The Labute approximate surface area is 199 Å². The topological polar surface area (TPSA) is 86.8 Å². The minimum atomic E-state index is -3.87. The summed E-state index contributed by atoms with van der Waals surface area (Å²) < 4.78 is 40.4. The second-order valence-electron chi connectivity index (χ2n) is 7.73. The summed E-state index contributed by atoms with van der Waals surface area (Å²) in [6.07, 6.45) is 1.69. The Hall–Kier alpha value is -2.65. The van der Waals surface area contributed by atoms with Crippen LogP contribution in [0.2, 0.25) is 5.02 Å². The fourth-order valence-corrected chi connectivity index (χ4v) is 4.32. The summed E-state index contributed by atoms with van der Waals surface area (Å²) in [5, 5.41) is 3.07. The van der Waals surface area contributed by atoms with Gasteiger partial charge in [-0.2, -0.15) is 0 Å². The molecule has 33 heavy (non-hydrogen) atoms. The number of hydrogen-bond acceptors (Lipinski definition) is 4. The lowest BCUT2D eigenvalue weighted by Crippen LogP contribution is -2.51. The van der Waals surface area contributed by atoms with Crippen molar-refractivity contribution in [2.45, 2.75) is 39.8 Å². The molecule has 180 valence electrons. The first-order valence-corrected chi connectivity index (χ1v) is 12.7. The summed E-state index contributed by atoms with van der Waals surface area (Å²) in [4.78, 5) is 27.2. The molecule has 2 aromatic rings. The summed E-state index contributed by atoms with van der Waals surface area (Å²) in [7, 11) is -3.87. The first kappa shape index (κ1) is 26.6. The SMILES string of the molecule is CCCNC(=O)[C@H](C)N(Cc1ccccc1F)C(=O)CN(c1cccc(Cl)c1C)S(C)(=O)=O. The van der Waals surface area contributed by atoms with Crippen LogP contribution in [0.5, 0.6) is 0 Å². The molecule has 2 aromatic carbocycles. The van der Waals surface area contributed by atoms with Crippen LogP contribution in [0, 0.1) is 12.7 Å². The van der Waals surface area contributed by atoms with Crippen molar-refractivity contribution in [3.63, 3.8) is 0 Å². The highest BCUT2D eigenvalue weighted by Gasteiger charge is 2.31. The van der Waals surface area contributed by atoms with Crippen LogP contribution < -0.4 is 9.62 Å². The molecule has 1 atom stereocenters. The van der Waals surface area contributed by atoms with Crippen molar-refractivity contribution in [3.8, 4) is 0 Å². The first-order valence-electron chi connectivity index (χ1n) is 10.5. The summed E-state index contributed by atoms with van der Waals surface area (Å²) in [5.74, 6) is -1.59. The van der Waals surface area contributed by atoms with Gasteiger partial charge in [0.05, 0.1) is 11.9 Å². The number of rotatable bonds is 10. The van der Waals surface area contributed by atoms with Gasteiger partial charge in [-0.3, -0.25) is 13.9 Å². The smallest absolute Gasteiger partial charge is 0.244 e. The Balaban J connectivity index is 2.43. The van der Waals surface area contributed by atoms with E-state index in [1.807, 2.05) is 6.92 Å². The van der Waals surface area contributed by atoms with Gasteiger partial charge in [-0.05, 0) is 44.0 Å². The third-order valence-electron chi connectivity index (χ3n) is 5.20. The van der Waals surface area contributed by atoms with Gasteiger partial charge in [0, 0.05) is 23.7 Å². The van der Waals surface area contributed by atoms with E-state index in [4.69, 9.17) is 11.6 Å². The molecule has 0 aromatic heterocycles. The van der Waals surface area contributed by atoms with Crippen molar-refractivity contribution in [1.29, 1.82) is 0 Å². The van der Waals surface area contributed by atoms with Gasteiger partial charge in [-0.1, -0.05) is 42.8 Å². The Morgan fingerprint density at radius 2 is 1.82 bits per heavy atom. The lowest BCUT2D eigenvalue weighted by atomic mass is 10.1. The molecule has 10 heteroatoms. The maximum atomic E-state index is 14.3. The van der Waals surface area contributed by atoms with Crippen LogP contribution in [0.25, 0.3) is 0 Å². The van der Waals surface area contributed by atoms with Gasteiger partial charge in [0.25, 0.3) is 0 Å². The van der Waals surface area contributed by atoms with Gasteiger partial charge in [-0.15, -0.1) is 0 Å². The molecule has 0 bridgehead atoms. The van der Waals surface area contributed by atoms with E-state index in [1.54, 1.807) is 31.2 Å². The van der Waals surface area contributed by atoms with E-state index in [-0.39, 0.29) is 17.8 Å². The number of anilines is 1. The third-order valence-corrected chi connectivity index (χ3v) is 6.74. The fourth-order valence-electron chi connectivity index (χ4n) is 3.25. The number of carbonyl (C=O) groups is 2. The second-order valence-corrected chi connectivity index (χ2v) is 10.0. The average molecular weight is 498 g/mol. The van der Waals surface area contributed by atoms with E-state index < -0.39 is 40.2 Å². The summed E-state index contributed by atoms with van der Waals surface area (Å²) in [5.41, 5.74) is 0.963. The number of benzene rings is 2.